The SMILES string of the molecule is O=C1NCCC12CC1CCC(C1)C2. The highest BCUT2D eigenvalue weighted by Gasteiger charge is 2.50. The topological polar surface area (TPSA) is 29.1 Å². The van der Waals surface area contributed by atoms with Gasteiger partial charge in [-0.25, -0.2) is 0 Å². The van der Waals surface area contributed by atoms with Gasteiger partial charge in [-0.15, -0.1) is 0 Å². The number of hydrogen-bond donors (Lipinski definition) is 1. The van der Waals surface area contributed by atoms with Crippen molar-refractivity contribution in [1.82, 2.24) is 5.32 Å². The molecule has 72 valence electrons. The van der Waals surface area contributed by atoms with E-state index < -0.39 is 0 Å². The molecule has 1 heterocycles. The van der Waals surface area contributed by atoms with Gasteiger partial charge < -0.3 is 5.32 Å². The monoisotopic (exact) mass is 179 g/mol. The first-order chi connectivity index (χ1) is 6.28. The van der Waals surface area contributed by atoms with Gasteiger partial charge >= 0.3 is 0 Å². The van der Waals surface area contributed by atoms with Crippen LogP contribution in [0.15, 0.2) is 0 Å². The highest BCUT2D eigenvalue weighted by Crippen LogP contribution is 2.53. The van der Waals surface area contributed by atoms with Crippen LogP contribution in [0.25, 0.3) is 0 Å². The van der Waals surface area contributed by atoms with Crippen molar-refractivity contribution in [2.75, 3.05) is 6.54 Å². The summed E-state index contributed by atoms with van der Waals surface area (Å²) >= 11 is 0. The third kappa shape index (κ3) is 1.04. The predicted molar refractivity (Wildman–Crippen MR) is 50.1 cm³/mol. The van der Waals surface area contributed by atoms with Gasteiger partial charge in [0, 0.05) is 6.54 Å². The summed E-state index contributed by atoms with van der Waals surface area (Å²) in [5, 5.41) is 3.01. The average molecular weight is 179 g/mol. The number of fused-ring (bicyclic) bond motifs is 2. The van der Waals surface area contributed by atoms with Crippen LogP contribution >= 0.6 is 0 Å². The molecule has 2 saturated carbocycles. The van der Waals surface area contributed by atoms with E-state index in [0.29, 0.717) is 5.91 Å². The Hall–Kier alpha value is -0.530. The molecule has 1 N–H and O–H groups in total. The Bertz CT molecular complexity index is 236. The number of carbonyl (C=O) groups excluding carboxylic acids is 1. The van der Waals surface area contributed by atoms with E-state index >= 15 is 0 Å². The van der Waals surface area contributed by atoms with Crippen molar-refractivity contribution in [3.05, 3.63) is 0 Å². The predicted octanol–water partition coefficient (Wildman–Crippen LogP) is 1.70. The molecule has 3 fully saturated rings. The highest BCUT2D eigenvalue weighted by molar-refractivity contribution is 5.84. The van der Waals surface area contributed by atoms with E-state index in [1.165, 1.54) is 32.1 Å². The minimum atomic E-state index is 0.0874. The molecule has 2 unspecified atom stereocenters. The fourth-order valence-corrected chi connectivity index (χ4v) is 3.84. The molecule has 2 bridgehead atoms. The maximum atomic E-state index is 11.8. The molecule has 0 aromatic rings. The molecule has 2 nitrogen and oxygen atoms in total. The molecule has 13 heavy (non-hydrogen) atoms. The maximum Gasteiger partial charge on any atom is 0.226 e. The van der Waals surface area contributed by atoms with Crippen molar-refractivity contribution in [2.45, 2.75) is 38.5 Å². The first kappa shape index (κ1) is 7.84. The lowest BCUT2D eigenvalue weighted by molar-refractivity contribution is -0.130. The summed E-state index contributed by atoms with van der Waals surface area (Å²) in [7, 11) is 0. The summed E-state index contributed by atoms with van der Waals surface area (Å²) in [5.41, 5.74) is 0.0874. The second kappa shape index (κ2) is 2.49. The van der Waals surface area contributed by atoms with E-state index in [-0.39, 0.29) is 5.41 Å². The molecule has 0 aromatic carbocycles. The molecule has 3 rings (SSSR count). The van der Waals surface area contributed by atoms with Gasteiger partial charge in [0.2, 0.25) is 5.91 Å². The van der Waals surface area contributed by atoms with Crippen LogP contribution < -0.4 is 5.32 Å². The number of nitrogens with one attached hydrogen (secondary N) is 1. The van der Waals surface area contributed by atoms with E-state index in [1.807, 2.05) is 0 Å². The van der Waals surface area contributed by atoms with Crippen LogP contribution in [0.2, 0.25) is 0 Å². The van der Waals surface area contributed by atoms with Crippen molar-refractivity contribution in [3.8, 4) is 0 Å². The van der Waals surface area contributed by atoms with Crippen molar-refractivity contribution in [3.63, 3.8) is 0 Å². The fraction of sp³-hybridized carbons (Fsp3) is 0.909. The normalized spacial score (nSPS) is 48.5. The minimum Gasteiger partial charge on any atom is -0.356 e. The Morgan fingerprint density at radius 1 is 1.23 bits per heavy atom. The number of hydrogen-bond acceptors (Lipinski definition) is 1. The molecular weight excluding hydrogens is 162 g/mol. The lowest BCUT2D eigenvalue weighted by atomic mass is 9.68. The van der Waals surface area contributed by atoms with Crippen molar-refractivity contribution in [2.24, 2.45) is 17.3 Å². The zero-order valence-corrected chi connectivity index (χ0v) is 8.01. The third-order valence-electron chi connectivity index (χ3n) is 4.38. The Morgan fingerprint density at radius 3 is 2.46 bits per heavy atom. The summed E-state index contributed by atoms with van der Waals surface area (Å²) in [6.45, 7) is 0.929. The van der Waals surface area contributed by atoms with E-state index in [9.17, 15) is 4.79 Å². The van der Waals surface area contributed by atoms with Gasteiger partial charge in [-0.2, -0.15) is 0 Å². The molecule has 2 atom stereocenters. The van der Waals surface area contributed by atoms with Crippen LogP contribution in [-0.4, -0.2) is 12.5 Å². The number of amides is 1. The van der Waals surface area contributed by atoms with Crippen LogP contribution in [-0.2, 0) is 4.79 Å². The second-order valence-corrected chi connectivity index (χ2v) is 5.24. The van der Waals surface area contributed by atoms with Gasteiger partial charge in [0.05, 0.1) is 5.41 Å². The first-order valence-corrected chi connectivity index (χ1v) is 5.57. The molecule has 2 aliphatic carbocycles. The maximum absolute atomic E-state index is 11.8. The van der Waals surface area contributed by atoms with Crippen molar-refractivity contribution >= 4 is 5.91 Å². The van der Waals surface area contributed by atoms with Gasteiger partial charge in [-0.05, 0) is 37.5 Å². The van der Waals surface area contributed by atoms with Crippen LogP contribution in [0.1, 0.15) is 38.5 Å². The quantitative estimate of drug-likeness (QED) is 0.602. The molecule has 1 amide bonds. The summed E-state index contributed by atoms with van der Waals surface area (Å²) < 4.78 is 0. The van der Waals surface area contributed by atoms with Gasteiger partial charge in [0.15, 0.2) is 0 Å². The molecule has 3 aliphatic rings. The van der Waals surface area contributed by atoms with Crippen LogP contribution in [0.4, 0.5) is 0 Å². The molecule has 1 saturated heterocycles. The molecule has 1 aliphatic heterocycles. The Balaban J connectivity index is 1.88. The van der Waals surface area contributed by atoms with Gasteiger partial charge in [-0.1, -0.05) is 12.8 Å². The molecule has 1 spiro atoms. The summed E-state index contributed by atoms with van der Waals surface area (Å²) in [4.78, 5) is 11.8. The van der Waals surface area contributed by atoms with Gasteiger partial charge in [0.1, 0.15) is 0 Å². The standard InChI is InChI=1S/C11H17NO/c13-10-11(3-4-12-10)6-8-1-2-9(5-8)7-11/h8-9H,1-7H2,(H,12,13). The van der Waals surface area contributed by atoms with Crippen LogP contribution in [0.5, 0.6) is 0 Å². The molecule has 0 aromatic heterocycles. The van der Waals surface area contributed by atoms with Crippen molar-refractivity contribution in [1.29, 1.82) is 0 Å². The number of rotatable bonds is 0. The van der Waals surface area contributed by atoms with Crippen LogP contribution in [0.3, 0.4) is 0 Å². The van der Waals surface area contributed by atoms with E-state index in [0.717, 1.165) is 24.8 Å². The lowest BCUT2D eigenvalue weighted by Gasteiger charge is -2.34. The Labute approximate surface area is 79.1 Å². The third-order valence-corrected chi connectivity index (χ3v) is 4.38. The Morgan fingerprint density at radius 2 is 1.92 bits per heavy atom. The molecule has 2 heteroatoms. The first-order valence-electron chi connectivity index (χ1n) is 5.57. The fourth-order valence-electron chi connectivity index (χ4n) is 3.84. The molecular formula is C11H17NO. The summed E-state index contributed by atoms with van der Waals surface area (Å²) in [6.07, 6.45) is 7.68. The van der Waals surface area contributed by atoms with Crippen molar-refractivity contribution < 1.29 is 4.79 Å². The van der Waals surface area contributed by atoms with Crippen LogP contribution in [0, 0.1) is 17.3 Å². The summed E-state index contributed by atoms with van der Waals surface area (Å²) in [5.74, 6) is 2.12. The van der Waals surface area contributed by atoms with Gasteiger partial charge in [-0.3, -0.25) is 4.79 Å². The van der Waals surface area contributed by atoms with Gasteiger partial charge in [0.25, 0.3) is 0 Å². The Kier molecular flexibility index (Phi) is 1.50. The zero-order valence-electron chi connectivity index (χ0n) is 8.01. The molecule has 0 radical (unpaired) electrons. The average Bonchev–Trinajstić information content (AvgIpc) is 2.60. The number of carbonyl (C=O) groups is 1. The van der Waals surface area contributed by atoms with E-state index in [1.54, 1.807) is 0 Å². The second-order valence-electron chi connectivity index (χ2n) is 5.24. The highest BCUT2D eigenvalue weighted by atomic mass is 16.2. The van der Waals surface area contributed by atoms with E-state index in [2.05, 4.69) is 5.32 Å². The zero-order chi connectivity index (χ0) is 8.89. The lowest BCUT2D eigenvalue weighted by Crippen LogP contribution is -2.36. The minimum absolute atomic E-state index is 0.0874. The largest absolute Gasteiger partial charge is 0.356 e. The van der Waals surface area contributed by atoms with E-state index in [4.69, 9.17) is 0 Å². The summed E-state index contributed by atoms with van der Waals surface area (Å²) in [6, 6.07) is 0. The smallest absolute Gasteiger partial charge is 0.226 e.